The van der Waals surface area contributed by atoms with Crippen LogP contribution >= 0.6 is 0 Å². The second-order valence-electron chi connectivity index (χ2n) is 5.41. The van der Waals surface area contributed by atoms with Gasteiger partial charge in [-0.15, -0.1) is 0 Å². The van der Waals surface area contributed by atoms with Crippen LogP contribution in [0.15, 0.2) is 18.2 Å². The van der Waals surface area contributed by atoms with Crippen LogP contribution in [0.3, 0.4) is 0 Å². The molecule has 104 valence electrons. The number of aryl methyl sites for hydroxylation is 1. The van der Waals surface area contributed by atoms with E-state index in [1.807, 2.05) is 30.9 Å². The monoisotopic (exact) mass is 262 g/mol. The van der Waals surface area contributed by atoms with Crippen molar-refractivity contribution in [3.63, 3.8) is 0 Å². The highest BCUT2D eigenvalue weighted by Gasteiger charge is 2.26. The van der Waals surface area contributed by atoms with Crippen molar-refractivity contribution in [1.29, 1.82) is 0 Å². The molecule has 0 spiro atoms. The zero-order chi connectivity index (χ0) is 14.0. The maximum atomic E-state index is 12.4. The van der Waals surface area contributed by atoms with Crippen LogP contribution in [0.2, 0.25) is 0 Å². The Morgan fingerprint density at radius 3 is 2.63 bits per heavy atom. The van der Waals surface area contributed by atoms with E-state index < -0.39 is 0 Å². The second kappa shape index (κ2) is 5.61. The summed E-state index contributed by atoms with van der Waals surface area (Å²) in [5.41, 5.74) is 8.08. The maximum Gasteiger partial charge on any atom is 0.255 e. The Labute approximate surface area is 114 Å². The van der Waals surface area contributed by atoms with Crippen LogP contribution in [-0.2, 0) is 0 Å². The van der Waals surface area contributed by atoms with Crippen LogP contribution in [-0.4, -0.2) is 35.1 Å². The first-order valence-corrected chi connectivity index (χ1v) is 6.83. The molecule has 19 heavy (non-hydrogen) atoms. The van der Waals surface area contributed by atoms with Gasteiger partial charge in [-0.05, 0) is 44.2 Å². The van der Waals surface area contributed by atoms with Gasteiger partial charge in [0.25, 0.3) is 5.91 Å². The highest BCUT2D eigenvalue weighted by atomic mass is 16.3. The zero-order valence-corrected chi connectivity index (χ0v) is 11.6. The molecule has 1 aromatic carbocycles. The molecule has 1 saturated heterocycles. The number of benzene rings is 1. The van der Waals surface area contributed by atoms with Gasteiger partial charge in [0.05, 0.1) is 11.7 Å². The van der Waals surface area contributed by atoms with Crippen molar-refractivity contribution in [1.82, 2.24) is 4.90 Å². The lowest BCUT2D eigenvalue weighted by molar-refractivity contribution is 0.0522. The average Bonchev–Trinajstić information content (AvgIpc) is 2.41. The summed E-state index contributed by atoms with van der Waals surface area (Å²) in [6.45, 7) is 5.12. The van der Waals surface area contributed by atoms with Gasteiger partial charge < -0.3 is 15.7 Å². The molecule has 0 radical (unpaired) electrons. The molecule has 0 saturated carbocycles. The first-order valence-electron chi connectivity index (χ1n) is 6.83. The molecule has 4 nitrogen and oxygen atoms in total. The van der Waals surface area contributed by atoms with E-state index in [1.54, 1.807) is 6.07 Å². The fourth-order valence-corrected chi connectivity index (χ4v) is 2.62. The van der Waals surface area contributed by atoms with Crippen LogP contribution < -0.4 is 5.73 Å². The number of para-hydroxylation sites is 1. The third-order valence-electron chi connectivity index (χ3n) is 4.06. The molecule has 1 aliphatic heterocycles. The lowest BCUT2D eigenvalue weighted by Gasteiger charge is -2.33. The van der Waals surface area contributed by atoms with Crippen LogP contribution in [0.5, 0.6) is 0 Å². The lowest BCUT2D eigenvalue weighted by Crippen LogP contribution is -2.41. The summed E-state index contributed by atoms with van der Waals surface area (Å²) in [5.74, 6) is 0.309. The summed E-state index contributed by atoms with van der Waals surface area (Å²) < 4.78 is 0. The van der Waals surface area contributed by atoms with E-state index in [1.165, 1.54) is 0 Å². The van der Waals surface area contributed by atoms with E-state index in [0.717, 1.165) is 18.4 Å². The van der Waals surface area contributed by atoms with Gasteiger partial charge in [-0.1, -0.05) is 12.1 Å². The fraction of sp³-hybridized carbons (Fsp3) is 0.533. The molecule has 1 unspecified atom stereocenters. The van der Waals surface area contributed by atoms with Gasteiger partial charge in [-0.25, -0.2) is 0 Å². The number of hydrogen-bond donors (Lipinski definition) is 2. The van der Waals surface area contributed by atoms with Crippen LogP contribution in [0.25, 0.3) is 0 Å². The van der Waals surface area contributed by atoms with Crippen molar-refractivity contribution in [3.05, 3.63) is 29.3 Å². The minimum Gasteiger partial charge on any atom is -0.398 e. The number of anilines is 1. The first kappa shape index (κ1) is 13.9. The summed E-state index contributed by atoms with van der Waals surface area (Å²) in [6.07, 6.45) is 1.42. The van der Waals surface area contributed by atoms with Gasteiger partial charge >= 0.3 is 0 Å². The normalized spacial score (nSPS) is 18.4. The van der Waals surface area contributed by atoms with Crippen LogP contribution in [0, 0.1) is 12.8 Å². The number of nitrogen functional groups attached to an aromatic ring is 1. The van der Waals surface area contributed by atoms with E-state index in [-0.39, 0.29) is 12.0 Å². The quantitative estimate of drug-likeness (QED) is 0.799. The summed E-state index contributed by atoms with van der Waals surface area (Å²) >= 11 is 0. The standard InChI is InChI=1S/C15H22N2O2/c1-10-4-3-5-13(14(10)16)15(19)17-8-6-12(7-9-17)11(2)18/h3-5,11-12,18H,6-9,16H2,1-2H3. The molecule has 4 heteroatoms. The molecule has 0 aromatic heterocycles. The summed E-state index contributed by atoms with van der Waals surface area (Å²) in [5, 5.41) is 9.58. The van der Waals surface area contributed by atoms with Gasteiger partial charge in [0.15, 0.2) is 0 Å². The molecule has 0 bridgehead atoms. The smallest absolute Gasteiger partial charge is 0.255 e. The number of piperidine rings is 1. The van der Waals surface area contributed by atoms with Crippen molar-refractivity contribution in [2.24, 2.45) is 5.92 Å². The second-order valence-corrected chi connectivity index (χ2v) is 5.41. The minimum absolute atomic E-state index is 0.00485. The maximum absolute atomic E-state index is 12.4. The Balaban J connectivity index is 2.07. The van der Waals surface area contributed by atoms with Gasteiger partial charge in [0.2, 0.25) is 0 Å². The third-order valence-corrected chi connectivity index (χ3v) is 4.06. The largest absolute Gasteiger partial charge is 0.398 e. The topological polar surface area (TPSA) is 66.6 Å². The number of nitrogens with two attached hydrogens (primary N) is 1. The zero-order valence-electron chi connectivity index (χ0n) is 11.6. The lowest BCUT2D eigenvalue weighted by atomic mass is 9.92. The highest BCUT2D eigenvalue weighted by molar-refractivity contribution is 5.99. The molecule has 1 amide bonds. The van der Waals surface area contributed by atoms with Crippen molar-refractivity contribution < 1.29 is 9.90 Å². The summed E-state index contributed by atoms with van der Waals surface area (Å²) in [7, 11) is 0. The number of hydrogen-bond acceptors (Lipinski definition) is 3. The number of rotatable bonds is 2. The number of nitrogens with zero attached hydrogens (tertiary/aromatic N) is 1. The number of likely N-dealkylation sites (tertiary alicyclic amines) is 1. The Morgan fingerprint density at radius 2 is 2.05 bits per heavy atom. The molecule has 1 aromatic rings. The van der Waals surface area contributed by atoms with E-state index in [2.05, 4.69) is 0 Å². The molecule has 3 N–H and O–H groups in total. The van der Waals surface area contributed by atoms with E-state index in [4.69, 9.17) is 5.73 Å². The molecular weight excluding hydrogens is 240 g/mol. The first-order chi connectivity index (χ1) is 9.00. The molecule has 2 rings (SSSR count). The van der Waals surface area contributed by atoms with E-state index >= 15 is 0 Å². The van der Waals surface area contributed by atoms with Crippen molar-refractivity contribution >= 4 is 11.6 Å². The molecule has 1 heterocycles. The number of carbonyl (C=O) groups excluding carboxylic acids is 1. The Kier molecular flexibility index (Phi) is 4.10. The highest BCUT2D eigenvalue weighted by Crippen LogP contribution is 2.24. The molecule has 1 aliphatic rings. The van der Waals surface area contributed by atoms with Gasteiger partial charge in [0.1, 0.15) is 0 Å². The van der Waals surface area contributed by atoms with Gasteiger partial charge in [0, 0.05) is 18.8 Å². The predicted molar refractivity (Wildman–Crippen MR) is 75.9 cm³/mol. The molecule has 1 atom stereocenters. The number of amides is 1. The summed E-state index contributed by atoms with van der Waals surface area (Å²) in [6, 6.07) is 5.55. The van der Waals surface area contributed by atoms with Crippen LogP contribution in [0.4, 0.5) is 5.69 Å². The SMILES string of the molecule is Cc1cccc(C(=O)N2CCC(C(C)O)CC2)c1N. The van der Waals surface area contributed by atoms with Crippen LogP contribution in [0.1, 0.15) is 35.7 Å². The number of aliphatic hydroxyl groups excluding tert-OH is 1. The Morgan fingerprint density at radius 1 is 1.42 bits per heavy atom. The minimum atomic E-state index is -0.290. The fourth-order valence-electron chi connectivity index (χ4n) is 2.62. The van der Waals surface area contributed by atoms with Crippen molar-refractivity contribution in [2.75, 3.05) is 18.8 Å². The number of aliphatic hydroxyl groups is 1. The van der Waals surface area contributed by atoms with Crippen molar-refractivity contribution in [3.8, 4) is 0 Å². The predicted octanol–water partition coefficient (Wildman–Crippen LogP) is 1.81. The Hall–Kier alpha value is -1.55. The van der Waals surface area contributed by atoms with E-state index in [0.29, 0.717) is 30.3 Å². The van der Waals surface area contributed by atoms with Gasteiger partial charge in [-0.2, -0.15) is 0 Å². The Bertz CT molecular complexity index is 463. The van der Waals surface area contributed by atoms with Crippen molar-refractivity contribution in [2.45, 2.75) is 32.8 Å². The third kappa shape index (κ3) is 2.89. The van der Waals surface area contributed by atoms with Gasteiger partial charge in [-0.3, -0.25) is 4.79 Å². The number of carbonyl (C=O) groups is 1. The molecular formula is C15H22N2O2. The molecule has 1 fully saturated rings. The van der Waals surface area contributed by atoms with E-state index in [9.17, 15) is 9.90 Å². The average molecular weight is 262 g/mol. The molecule has 0 aliphatic carbocycles. The summed E-state index contributed by atoms with van der Waals surface area (Å²) in [4.78, 5) is 14.3.